The van der Waals surface area contributed by atoms with Gasteiger partial charge in [0.2, 0.25) is 0 Å². The molecule has 34 heavy (non-hydrogen) atoms. The largest absolute Gasteiger partial charge is 0.497 e. The van der Waals surface area contributed by atoms with Crippen LogP contribution in [0.1, 0.15) is 5.56 Å². The Hall–Kier alpha value is -4.21. The molecule has 3 heterocycles. The number of anilines is 1. The number of methoxy groups -OCH3 is 1. The lowest BCUT2D eigenvalue weighted by atomic mass is 10.2. The Morgan fingerprint density at radius 1 is 1.00 bits per heavy atom. The number of carbonyl (C=O) groups is 1. The Bertz CT molecular complexity index is 1310. The number of aromatic nitrogens is 5. The van der Waals surface area contributed by atoms with Crippen LogP contribution in [0, 0.1) is 6.92 Å². The van der Waals surface area contributed by atoms with Crippen LogP contribution in [0.15, 0.2) is 54.9 Å². The highest BCUT2D eigenvalue weighted by Gasteiger charge is 2.25. The molecule has 1 amide bonds. The molecule has 10 heteroatoms. The number of hydrogen-bond donors (Lipinski definition) is 0. The van der Waals surface area contributed by atoms with Gasteiger partial charge in [-0.2, -0.15) is 4.68 Å². The molecule has 1 aliphatic rings. The fourth-order valence-corrected chi connectivity index (χ4v) is 3.99. The average Bonchev–Trinajstić information content (AvgIpc) is 3.32. The minimum atomic E-state index is -0.0297. The van der Waals surface area contributed by atoms with Crippen LogP contribution >= 0.6 is 0 Å². The standard InChI is InChI=1S/C24H25N7O3/c1-17-5-3-8-20(13-17)34-15-21(32)29-9-11-30(12-10-29)23-22-24(26-16-25-23)31(28-27-22)18-6-4-7-19(14-18)33-2/h3-8,13-14,16H,9-12,15H2,1-2H3. The van der Waals surface area contributed by atoms with Crippen molar-refractivity contribution >= 4 is 22.9 Å². The van der Waals surface area contributed by atoms with Crippen molar-refractivity contribution in [2.24, 2.45) is 0 Å². The van der Waals surface area contributed by atoms with Gasteiger partial charge in [-0.15, -0.1) is 5.10 Å². The lowest BCUT2D eigenvalue weighted by Crippen LogP contribution is -2.50. The molecule has 1 saturated heterocycles. The molecule has 0 bridgehead atoms. The molecule has 10 nitrogen and oxygen atoms in total. The van der Waals surface area contributed by atoms with Gasteiger partial charge in [-0.05, 0) is 36.8 Å². The van der Waals surface area contributed by atoms with Crippen molar-refractivity contribution in [2.45, 2.75) is 6.92 Å². The Labute approximate surface area is 196 Å². The first-order chi connectivity index (χ1) is 16.6. The van der Waals surface area contributed by atoms with E-state index in [0.29, 0.717) is 48.9 Å². The number of ether oxygens (including phenoxy) is 2. The molecule has 0 atom stereocenters. The van der Waals surface area contributed by atoms with E-state index < -0.39 is 0 Å². The van der Waals surface area contributed by atoms with Crippen LogP contribution in [-0.2, 0) is 4.79 Å². The van der Waals surface area contributed by atoms with Gasteiger partial charge in [0.1, 0.15) is 17.8 Å². The molecular weight excluding hydrogens is 434 g/mol. The third-order valence-corrected chi connectivity index (χ3v) is 5.80. The number of aryl methyl sites for hydroxylation is 1. The number of carbonyl (C=O) groups excluding carboxylic acids is 1. The van der Waals surface area contributed by atoms with Crippen molar-refractivity contribution in [3.05, 3.63) is 60.4 Å². The highest BCUT2D eigenvalue weighted by molar-refractivity contribution is 5.84. The summed E-state index contributed by atoms with van der Waals surface area (Å²) in [5.74, 6) is 2.11. The van der Waals surface area contributed by atoms with Crippen LogP contribution in [-0.4, -0.2) is 75.7 Å². The van der Waals surface area contributed by atoms with E-state index >= 15 is 0 Å². The van der Waals surface area contributed by atoms with Crippen molar-refractivity contribution in [3.63, 3.8) is 0 Å². The quantitative estimate of drug-likeness (QED) is 0.433. The summed E-state index contributed by atoms with van der Waals surface area (Å²) in [7, 11) is 1.62. The zero-order valence-corrected chi connectivity index (χ0v) is 19.1. The van der Waals surface area contributed by atoms with Gasteiger partial charge in [-0.3, -0.25) is 4.79 Å². The maximum Gasteiger partial charge on any atom is 0.260 e. The van der Waals surface area contributed by atoms with Crippen LogP contribution in [0.4, 0.5) is 5.82 Å². The summed E-state index contributed by atoms with van der Waals surface area (Å²) < 4.78 is 12.7. The first-order valence-electron chi connectivity index (χ1n) is 11.1. The van der Waals surface area contributed by atoms with E-state index in [-0.39, 0.29) is 12.5 Å². The summed E-state index contributed by atoms with van der Waals surface area (Å²) in [6.45, 7) is 4.43. The van der Waals surface area contributed by atoms with Crippen molar-refractivity contribution in [1.29, 1.82) is 0 Å². The third kappa shape index (κ3) is 4.34. The molecule has 2 aromatic heterocycles. The van der Waals surface area contributed by atoms with Crippen LogP contribution < -0.4 is 14.4 Å². The van der Waals surface area contributed by atoms with Crippen molar-refractivity contribution in [1.82, 2.24) is 29.9 Å². The molecule has 0 saturated carbocycles. The van der Waals surface area contributed by atoms with Gasteiger partial charge in [0, 0.05) is 32.2 Å². The molecule has 1 aliphatic heterocycles. The van der Waals surface area contributed by atoms with E-state index in [4.69, 9.17) is 9.47 Å². The van der Waals surface area contributed by atoms with Gasteiger partial charge >= 0.3 is 0 Å². The molecule has 4 aromatic rings. The van der Waals surface area contributed by atoms with E-state index in [9.17, 15) is 4.79 Å². The van der Waals surface area contributed by atoms with E-state index in [2.05, 4.69) is 25.2 Å². The second-order valence-electron chi connectivity index (χ2n) is 8.05. The minimum Gasteiger partial charge on any atom is -0.497 e. The maximum atomic E-state index is 12.6. The summed E-state index contributed by atoms with van der Waals surface area (Å²) in [5, 5.41) is 8.65. The zero-order valence-electron chi connectivity index (χ0n) is 19.1. The monoisotopic (exact) mass is 459 g/mol. The zero-order chi connectivity index (χ0) is 23.5. The number of hydrogen-bond acceptors (Lipinski definition) is 8. The Kier molecular flexibility index (Phi) is 5.94. The lowest BCUT2D eigenvalue weighted by molar-refractivity contribution is -0.133. The number of amides is 1. The van der Waals surface area contributed by atoms with Gasteiger partial charge in [0.05, 0.1) is 12.8 Å². The Balaban J connectivity index is 1.26. The number of nitrogens with zero attached hydrogens (tertiary/aromatic N) is 7. The Morgan fingerprint density at radius 2 is 1.79 bits per heavy atom. The molecule has 0 unspecified atom stereocenters. The van der Waals surface area contributed by atoms with Gasteiger partial charge in [0.15, 0.2) is 23.6 Å². The summed E-state index contributed by atoms with van der Waals surface area (Å²) >= 11 is 0. The van der Waals surface area contributed by atoms with Gasteiger partial charge < -0.3 is 19.3 Å². The fraction of sp³-hybridized carbons (Fsp3) is 0.292. The first kappa shape index (κ1) is 21.6. The van der Waals surface area contributed by atoms with Crippen molar-refractivity contribution in [2.75, 3.05) is 44.8 Å². The number of piperazine rings is 1. The minimum absolute atomic E-state index is 0.0239. The fourth-order valence-electron chi connectivity index (χ4n) is 3.99. The predicted octanol–water partition coefficient (Wildman–Crippen LogP) is 2.26. The van der Waals surface area contributed by atoms with E-state index in [1.165, 1.54) is 6.33 Å². The average molecular weight is 460 g/mol. The van der Waals surface area contributed by atoms with Crippen LogP contribution in [0.2, 0.25) is 0 Å². The topological polar surface area (TPSA) is 98.5 Å². The number of rotatable bonds is 6. The molecule has 0 aliphatic carbocycles. The highest BCUT2D eigenvalue weighted by atomic mass is 16.5. The first-order valence-corrected chi connectivity index (χ1v) is 11.1. The van der Waals surface area contributed by atoms with E-state index in [1.54, 1.807) is 11.8 Å². The SMILES string of the molecule is COc1cccc(-n2nnc3c(N4CCN(C(=O)COc5cccc(C)c5)CC4)ncnc32)c1. The molecule has 2 aromatic carbocycles. The van der Waals surface area contributed by atoms with Crippen molar-refractivity contribution < 1.29 is 14.3 Å². The molecule has 1 fully saturated rings. The number of fused-ring (bicyclic) bond motifs is 1. The summed E-state index contributed by atoms with van der Waals surface area (Å²) in [5.41, 5.74) is 3.13. The van der Waals surface area contributed by atoms with E-state index in [0.717, 1.165) is 17.0 Å². The van der Waals surface area contributed by atoms with E-state index in [1.807, 2.05) is 60.4 Å². The smallest absolute Gasteiger partial charge is 0.260 e. The van der Waals surface area contributed by atoms with Crippen LogP contribution in [0.3, 0.4) is 0 Å². The summed E-state index contributed by atoms with van der Waals surface area (Å²) in [6, 6.07) is 15.2. The number of benzene rings is 2. The summed E-state index contributed by atoms with van der Waals surface area (Å²) in [4.78, 5) is 25.5. The maximum absolute atomic E-state index is 12.6. The molecule has 0 spiro atoms. The Morgan fingerprint density at radius 3 is 2.59 bits per heavy atom. The van der Waals surface area contributed by atoms with Gasteiger partial charge in [-0.25, -0.2) is 9.97 Å². The summed E-state index contributed by atoms with van der Waals surface area (Å²) in [6.07, 6.45) is 1.52. The van der Waals surface area contributed by atoms with Crippen LogP contribution in [0.25, 0.3) is 16.9 Å². The molecule has 0 N–H and O–H groups in total. The molecule has 5 rings (SSSR count). The normalized spacial score (nSPS) is 13.8. The lowest BCUT2D eigenvalue weighted by Gasteiger charge is -2.35. The third-order valence-electron chi connectivity index (χ3n) is 5.80. The predicted molar refractivity (Wildman–Crippen MR) is 126 cm³/mol. The van der Waals surface area contributed by atoms with Crippen LogP contribution in [0.5, 0.6) is 11.5 Å². The second kappa shape index (κ2) is 9.34. The van der Waals surface area contributed by atoms with Crippen molar-refractivity contribution in [3.8, 4) is 17.2 Å². The molecule has 0 radical (unpaired) electrons. The van der Waals surface area contributed by atoms with Gasteiger partial charge in [0.25, 0.3) is 5.91 Å². The van der Waals surface area contributed by atoms with Gasteiger partial charge in [-0.1, -0.05) is 23.4 Å². The second-order valence-corrected chi connectivity index (χ2v) is 8.05. The molecular formula is C24H25N7O3. The molecule has 174 valence electrons. The highest BCUT2D eigenvalue weighted by Crippen LogP contribution is 2.25.